The van der Waals surface area contributed by atoms with Gasteiger partial charge < -0.3 is 10.4 Å². The number of β-amino-alcohol motifs (C(OH)–C–C–N with tert-alkyl or cyclic N) is 1. The summed E-state index contributed by atoms with van der Waals surface area (Å²) in [6, 6.07) is 2.09. The first-order valence-corrected chi connectivity index (χ1v) is 7.25. The molecule has 5 heteroatoms. The summed E-state index contributed by atoms with van der Waals surface area (Å²) in [5, 5.41) is 15.4. The van der Waals surface area contributed by atoms with Crippen molar-refractivity contribution in [1.82, 2.24) is 10.2 Å². The zero-order valence-corrected chi connectivity index (χ0v) is 11.6. The monoisotopic (exact) mass is 304 g/mol. The first-order valence-electron chi connectivity index (χ1n) is 5.58. The maximum absolute atomic E-state index is 9.99. The van der Waals surface area contributed by atoms with Crippen LogP contribution in [0, 0.1) is 0 Å². The van der Waals surface area contributed by atoms with E-state index in [0.717, 1.165) is 43.6 Å². The van der Waals surface area contributed by atoms with Gasteiger partial charge in [0.1, 0.15) is 0 Å². The molecule has 0 spiro atoms. The molecule has 1 fully saturated rings. The number of hydrogen-bond donors (Lipinski definition) is 2. The summed E-state index contributed by atoms with van der Waals surface area (Å²) in [6.45, 7) is 4.96. The summed E-state index contributed by atoms with van der Waals surface area (Å²) in [5.41, 5.74) is 0. The Balaban J connectivity index is 1.77. The number of halogens is 1. The normalized spacial score (nSPS) is 19.9. The number of hydrogen-bond acceptors (Lipinski definition) is 4. The molecule has 3 nitrogen and oxygen atoms in total. The Hall–Kier alpha value is 0.0600. The molecule has 0 amide bonds. The zero-order valence-electron chi connectivity index (χ0n) is 9.16. The van der Waals surface area contributed by atoms with Crippen molar-refractivity contribution in [1.29, 1.82) is 0 Å². The van der Waals surface area contributed by atoms with Gasteiger partial charge in [-0.15, -0.1) is 11.3 Å². The summed E-state index contributed by atoms with van der Waals surface area (Å²) in [4.78, 5) is 3.57. The van der Waals surface area contributed by atoms with Crippen LogP contribution >= 0.6 is 27.3 Å². The highest BCUT2D eigenvalue weighted by atomic mass is 79.9. The van der Waals surface area contributed by atoms with Crippen molar-refractivity contribution in [2.24, 2.45) is 0 Å². The molecule has 1 aromatic rings. The van der Waals surface area contributed by atoms with Crippen LogP contribution in [0.1, 0.15) is 4.88 Å². The van der Waals surface area contributed by atoms with Gasteiger partial charge in [0.05, 0.1) is 6.10 Å². The predicted octanol–water partition coefficient (Wildman–Crippen LogP) is 1.32. The third-order valence-electron chi connectivity index (χ3n) is 2.74. The topological polar surface area (TPSA) is 35.5 Å². The lowest BCUT2D eigenvalue weighted by Crippen LogP contribution is -2.46. The van der Waals surface area contributed by atoms with E-state index in [4.69, 9.17) is 0 Å². The van der Waals surface area contributed by atoms with Gasteiger partial charge in [0.25, 0.3) is 0 Å². The maximum Gasteiger partial charge on any atom is 0.0715 e. The number of aliphatic hydroxyl groups is 1. The van der Waals surface area contributed by atoms with E-state index in [0.29, 0.717) is 0 Å². The van der Waals surface area contributed by atoms with Crippen LogP contribution in [0.2, 0.25) is 0 Å². The average Bonchev–Trinajstić information content (AvgIpc) is 2.65. The van der Waals surface area contributed by atoms with Crippen LogP contribution < -0.4 is 5.32 Å². The summed E-state index contributed by atoms with van der Waals surface area (Å²) in [7, 11) is 0. The highest BCUT2D eigenvalue weighted by Crippen LogP contribution is 2.21. The Kier molecular flexibility index (Phi) is 4.79. The number of nitrogens with one attached hydrogen (secondary N) is 1. The summed E-state index contributed by atoms with van der Waals surface area (Å²) < 4.78 is 1.11. The van der Waals surface area contributed by atoms with Crippen molar-refractivity contribution in [3.8, 4) is 0 Å². The largest absolute Gasteiger partial charge is 0.391 e. The Morgan fingerprint density at radius 1 is 1.50 bits per heavy atom. The maximum atomic E-state index is 9.99. The number of nitrogens with zero attached hydrogens (tertiary/aromatic N) is 1. The van der Waals surface area contributed by atoms with E-state index < -0.39 is 0 Å². The molecule has 2 N–H and O–H groups in total. The van der Waals surface area contributed by atoms with Crippen LogP contribution in [-0.4, -0.2) is 48.8 Å². The highest BCUT2D eigenvalue weighted by molar-refractivity contribution is 9.10. The minimum Gasteiger partial charge on any atom is -0.391 e. The van der Waals surface area contributed by atoms with E-state index in [1.807, 2.05) is 0 Å². The van der Waals surface area contributed by atoms with Crippen molar-refractivity contribution in [2.45, 2.75) is 12.5 Å². The second kappa shape index (κ2) is 6.12. The van der Waals surface area contributed by atoms with Gasteiger partial charge in [0, 0.05) is 53.9 Å². The van der Waals surface area contributed by atoms with Crippen LogP contribution in [0.3, 0.4) is 0 Å². The Morgan fingerprint density at radius 3 is 2.88 bits per heavy atom. The number of thiophene rings is 1. The van der Waals surface area contributed by atoms with Gasteiger partial charge in [0.2, 0.25) is 0 Å². The van der Waals surface area contributed by atoms with Crippen molar-refractivity contribution in [3.05, 3.63) is 20.8 Å². The molecule has 0 aliphatic carbocycles. The molecule has 1 saturated heterocycles. The molecule has 0 radical (unpaired) electrons. The van der Waals surface area contributed by atoms with E-state index in [-0.39, 0.29) is 6.10 Å². The Labute approximate surface area is 109 Å². The molecule has 0 saturated carbocycles. The van der Waals surface area contributed by atoms with Crippen LogP contribution in [0.4, 0.5) is 0 Å². The minimum atomic E-state index is -0.247. The molecule has 2 rings (SSSR count). The molecule has 2 heterocycles. The van der Waals surface area contributed by atoms with Crippen LogP contribution in [-0.2, 0) is 6.42 Å². The summed E-state index contributed by atoms with van der Waals surface area (Å²) in [5.74, 6) is 0. The molecule has 1 unspecified atom stereocenters. The van der Waals surface area contributed by atoms with Crippen LogP contribution in [0.5, 0.6) is 0 Å². The Morgan fingerprint density at radius 2 is 2.25 bits per heavy atom. The van der Waals surface area contributed by atoms with Crippen molar-refractivity contribution in [2.75, 3.05) is 32.7 Å². The fourth-order valence-corrected chi connectivity index (χ4v) is 3.47. The standard InChI is InChI=1S/C11H17BrN2OS/c12-9-5-11(16-8-9)6-10(15)7-14-3-1-13-2-4-14/h5,8,10,13,15H,1-4,6-7H2. The molecule has 1 aliphatic heterocycles. The first-order chi connectivity index (χ1) is 7.74. The summed E-state index contributed by atoms with van der Waals surface area (Å²) in [6.07, 6.45) is 0.517. The van der Waals surface area contributed by atoms with Gasteiger partial charge in [-0.3, -0.25) is 4.90 Å². The minimum absolute atomic E-state index is 0.247. The number of aliphatic hydroxyl groups excluding tert-OH is 1. The molecule has 16 heavy (non-hydrogen) atoms. The van der Waals surface area contributed by atoms with E-state index in [2.05, 4.69) is 37.6 Å². The molecule has 90 valence electrons. The number of piperazine rings is 1. The molecule has 1 aliphatic rings. The van der Waals surface area contributed by atoms with Crippen LogP contribution in [0.15, 0.2) is 15.9 Å². The third kappa shape index (κ3) is 3.82. The SMILES string of the molecule is OC(Cc1cc(Br)cs1)CN1CCNCC1. The Bertz CT molecular complexity index is 326. The van der Waals surface area contributed by atoms with Gasteiger partial charge in [0.15, 0.2) is 0 Å². The smallest absolute Gasteiger partial charge is 0.0715 e. The third-order valence-corrected chi connectivity index (χ3v) is 4.46. The zero-order chi connectivity index (χ0) is 11.4. The highest BCUT2D eigenvalue weighted by Gasteiger charge is 2.15. The van der Waals surface area contributed by atoms with Gasteiger partial charge in [-0.2, -0.15) is 0 Å². The lowest BCUT2D eigenvalue weighted by Gasteiger charge is -2.28. The second-order valence-electron chi connectivity index (χ2n) is 4.14. The van der Waals surface area contributed by atoms with Crippen molar-refractivity contribution >= 4 is 27.3 Å². The van der Waals surface area contributed by atoms with Crippen molar-refractivity contribution in [3.63, 3.8) is 0 Å². The number of rotatable bonds is 4. The second-order valence-corrected chi connectivity index (χ2v) is 6.05. The molecule has 0 bridgehead atoms. The fourth-order valence-electron chi connectivity index (χ4n) is 1.95. The summed E-state index contributed by atoms with van der Waals surface area (Å²) >= 11 is 5.13. The average molecular weight is 305 g/mol. The molecule has 1 aromatic heterocycles. The quantitative estimate of drug-likeness (QED) is 0.881. The van der Waals surface area contributed by atoms with Crippen LogP contribution in [0.25, 0.3) is 0 Å². The van der Waals surface area contributed by atoms with Crippen molar-refractivity contribution < 1.29 is 5.11 Å². The first kappa shape index (κ1) is 12.5. The lowest BCUT2D eigenvalue weighted by atomic mass is 10.2. The fraction of sp³-hybridized carbons (Fsp3) is 0.636. The van der Waals surface area contributed by atoms with Gasteiger partial charge >= 0.3 is 0 Å². The molecule has 0 aromatic carbocycles. The van der Waals surface area contributed by atoms with E-state index >= 15 is 0 Å². The van der Waals surface area contributed by atoms with Gasteiger partial charge in [-0.25, -0.2) is 0 Å². The molecule has 1 atom stereocenters. The predicted molar refractivity (Wildman–Crippen MR) is 71.0 cm³/mol. The van der Waals surface area contributed by atoms with Gasteiger partial charge in [-0.05, 0) is 22.0 Å². The van der Waals surface area contributed by atoms with E-state index in [1.165, 1.54) is 4.88 Å². The van der Waals surface area contributed by atoms with Gasteiger partial charge in [-0.1, -0.05) is 0 Å². The van der Waals surface area contributed by atoms with E-state index in [9.17, 15) is 5.11 Å². The lowest BCUT2D eigenvalue weighted by molar-refractivity contribution is 0.106. The molecular formula is C11H17BrN2OS. The van der Waals surface area contributed by atoms with E-state index in [1.54, 1.807) is 11.3 Å². The molecular weight excluding hydrogens is 288 g/mol.